The maximum absolute atomic E-state index is 12.4. The molecule has 0 spiro atoms. The zero-order chi connectivity index (χ0) is 17.6. The van der Waals surface area contributed by atoms with Crippen molar-refractivity contribution in [3.05, 3.63) is 93.2 Å². The van der Waals surface area contributed by atoms with Crippen molar-refractivity contribution in [2.75, 3.05) is 14.2 Å². The van der Waals surface area contributed by atoms with Gasteiger partial charge in [0.25, 0.3) is 0 Å². The van der Waals surface area contributed by atoms with Crippen LogP contribution in [0.15, 0.2) is 24.0 Å². The van der Waals surface area contributed by atoms with Crippen LogP contribution in [0.2, 0.25) is 0 Å². The number of ether oxygens (including phenoxy) is 3. The Bertz CT molecular complexity index is 636. The molecule has 10 radical (unpaired) electrons. The molecule has 3 aliphatic rings. The number of rotatable bonds is 3. The molecule has 2 fully saturated rings. The summed E-state index contributed by atoms with van der Waals surface area (Å²) in [7, 11) is 3.07. The van der Waals surface area contributed by atoms with Gasteiger partial charge in [0.15, 0.2) is 5.76 Å². The SMILES string of the molecule is COc1cc(OC)c2c(c1)O/C(=C\[C]1[CH][CH][CH][CH]1)C2=O.[CH]1[CH][CH][CH][CH]1.[Fe+2]. The van der Waals surface area contributed by atoms with Gasteiger partial charge in [0.2, 0.25) is 5.78 Å². The van der Waals surface area contributed by atoms with E-state index in [2.05, 4.69) is 0 Å². The summed E-state index contributed by atoms with van der Waals surface area (Å²) in [5, 5.41) is 0. The molecule has 5 heteroatoms. The predicted molar refractivity (Wildman–Crippen MR) is 94.5 cm³/mol. The van der Waals surface area contributed by atoms with Crippen LogP contribution in [-0.2, 0) is 17.1 Å². The normalized spacial score (nSPS) is 20.1. The standard InChI is InChI=1S/C16H13O4.C5H5.Fe/c1-18-11-8-12(19-2)15-13(9-11)20-14(16(15)17)7-10-5-3-4-6-10;1-2-4-5-3-1;/h3-9H,1-2H3;1-5H;/q;;+2/b14-7-;;. The average molecular weight is 390 g/mol. The minimum absolute atomic E-state index is 0. The zero-order valence-corrected chi connectivity index (χ0v) is 15.5. The van der Waals surface area contributed by atoms with Gasteiger partial charge in [-0.1, -0.05) is 0 Å². The Balaban J connectivity index is 0.000000351. The van der Waals surface area contributed by atoms with Gasteiger partial charge in [0, 0.05) is 18.1 Å². The smallest absolute Gasteiger partial charge is 0.496 e. The second kappa shape index (κ2) is 10.0. The predicted octanol–water partition coefficient (Wildman–Crippen LogP) is 3.59. The van der Waals surface area contributed by atoms with E-state index in [1.54, 1.807) is 25.3 Å². The largest absolute Gasteiger partial charge is 2.00 e. The quantitative estimate of drug-likeness (QED) is 0.585. The molecule has 0 amide bonds. The Kier molecular flexibility index (Phi) is 8.05. The molecule has 0 N–H and O–H groups in total. The maximum Gasteiger partial charge on any atom is 2.00 e. The Morgan fingerprint density at radius 1 is 0.885 bits per heavy atom. The molecule has 2 saturated carbocycles. The third kappa shape index (κ3) is 4.83. The number of carbonyl (C=O) groups is 1. The molecule has 1 heterocycles. The van der Waals surface area contributed by atoms with E-state index in [1.807, 2.05) is 57.8 Å². The number of methoxy groups -OCH3 is 2. The Morgan fingerprint density at radius 3 is 2.04 bits per heavy atom. The molecule has 1 aliphatic heterocycles. The van der Waals surface area contributed by atoms with E-state index in [9.17, 15) is 4.79 Å². The Morgan fingerprint density at radius 2 is 1.50 bits per heavy atom. The van der Waals surface area contributed by atoms with Crippen molar-refractivity contribution in [3.63, 3.8) is 0 Å². The van der Waals surface area contributed by atoms with Crippen LogP contribution < -0.4 is 14.2 Å². The van der Waals surface area contributed by atoms with Gasteiger partial charge in [0.1, 0.15) is 22.8 Å². The molecule has 2 aliphatic carbocycles. The van der Waals surface area contributed by atoms with Crippen molar-refractivity contribution in [1.29, 1.82) is 0 Å². The summed E-state index contributed by atoms with van der Waals surface area (Å²) in [4.78, 5) is 12.4. The number of Topliss-reactive ketones (excluding diaryl/α,β-unsaturated/α-hetero) is 1. The topological polar surface area (TPSA) is 44.8 Å². The number of allylic oxidation sites excluding steroid dienone is 2. The molecule has 4 nitrogen and oxygen atoms in total. The molecule has 0 bridgehead atoms. The van der Waals surface area contributed by atoms with Gasteiger partial charge in [-0.25, -0.2) is 0 Å². The van der Waals surface area contributed by atoms with Crippen LogP contribution in [0, 0.1) is 63.7 Å². The van der Waals surface area contributed by atoms with Gasteiger partial charge < -0.3 is 14.2 Å². The van der Waals surface area contributed by atoms with E-state index in [0.29, 0.717) is 22.8 Å². The van der Waals surface area contributed by atoms with E-state index < -0.39 is 0 Å². The van der Waals surface area contributed by atoms with Gasteiger partial charge in [-0.3, -0.25) is 4.79 Å². The van der Waals surface area contributed by atoms with Crippen LogP contribution in [0.4, 0.5) is 0 Å². The van der Waals surface area contributed by atoms with Crippen molar-refractivity contribution in [2.24, 2.45) is 0 Å². The fourth-order valence-corrected chi connectivity index (χ4v) is 2.49. The maximum atomic E-state index is 12.4. The molecular weight excluding hydrogens is 372 g/mol. The van der Waals surface area contributed by atoms with Crippen LogP contribution in [-0.4, -0.2) is 20.0 Å². The van der Waals surface area contributed by atoms with Gasteiger partial charge in [-0.15, -0.1) is 0 Å². The average Bonchev–Trinajstić information content (AvgIpc) is 3.39. The van der Waals surface area contributed by atoms with Crippen molar-refractivity contribution in [1.82, 2.24) is 0 Å². The number of benzene rings is 1. The van der Waals surface area contributed by atoms with Gasteiger partial charge in [-0.2, -0.15) is 0 Å². The summed E-state index contributed by atoms with van der Waals surface area (Å²) in [6.45, 7) is 0. The third-order valence-corrected chi connectivity index (χ3v) is 3.71. The number of carbonyl (C=O) groups excluding carboxylic acids is 1. The zero-order valence-electron chi connectivity index (χ0n) is 14.4. The van der Waals surface area contributed by atoms with Crippen LogP contribution >= 0.6 is 0 Å². The van der Waals surface area contributed by atoms with Crippen LogP contribution in [0.25, 0.3) is 0 Å². The van der Waals surface area contributed by atoms with E-state index in [0.717, 1.165) is 5.92 Å². The third-order valence-electron chi connectivity index (χ3n) is 3.71. The molecule has 1 aromatic rings. The number of hydrogen-bond donors (Lipinski definition) is 0. The molecule has 0 aromatic heterocycles. The fraction of sp³-hybridized carbons (Fsp3) is 0.0952. The van der Waals surface area contributed by atoms with Gasteiger partial charge >= 0.3 is 17.1 Å². The Labute approximate surface area is 166 Å². The van der Waals surface area contributed by atoms with Crippen LogP contribution in [0.1, 0.15) is 10.4 Å². The summed E-state index contributed by atoms with van der Waals surface area (Å²) in [5.74, 6) is 2.53. The number of ketones is 1. The summed E-state index contributed by atoms with van der Waals surface area (Å²) >= 11 is 0. The first-order chi connectivity index (χ1) is 12.2. The first-order valence-electron chi connectivity index (χ1n) is 7.81. The monoisotopic (exact) mass is 390 g/mol. The molecule has 4 rings (SSSR count). The van der Waals surface area contributed by atoms with Gasteiger partial charge in [-0.05, 0) is 63.9 Å². The van der Waals surface area contributed by atoms with Crippen molar-refractivity contribution < 1.29 is 36.1 Å². The molecule has 132 valence electrons. The molecule has 1 aromatic carbocycles. The fourth-order valence-electron chi connectivity index (χ4n) is 2.49. The minimum atomic E-state index is -0.180. The molecular formula is C21H18FeO4+2. The van der Waals surface area contributed by atoms with E-state index in [4.69, 9.17) is 14.2 Å². The molecule has 0 atom stereocenters. The molecule has 0 unspecified atom stereocenters. The summed E-state index contributed by atoms with van der Waals surface area (Å²) in [6, 6.07) is 3.35. The van der Waals surface area contributed by atoms with Crippen LogP contribution in [0.5, 0.6) is 17.2 Å². The second-order valence-electron chi connectivity index (χ2n) is 5.32. The summed E-state index contributed by atoms with van der Waals surface area (Å²) in [6.07, 6.45) is 19.3. The molecule has 26 heavy (non-hydrogen) atoms. The number of hydrogen-bond acceptors (Lipinski definition) is 4. The van der Waals surface area contributed by atoms with E-state index >= 15 is 0 Å². The van der Waals surface area contributed by atoms with E-state index in [1.165, 1.54) is 7.11 Å². The first kappa shape index (κ1) is 20.9. The summed E-state index contributed by atoms with van der Waals surface area (Å²) < 4.78 is 16.0. The van der Waals surface area contributed by atoms with Crippen LogP contribution in [0.3, 0.4) is 0 Å². The van der Waals surface area contributed by atoms with Crippen molar-refractivity contribution in [2.45, 2.75) is 0 Å². The van der Waals surface area contributed by atoms with Crippen molar-refractivity contribution in [3.8, 4) is 17.2 Å². The minimum Gasteiger partial charge on any atom is -0.496 e. The summed E-state index contributed by atoms with van der Waals surface area (Å²) in [5.41, 5.74) is 0.436. The number of fused-ring (bicyclic) bond motifs is 1. The van der Waals surface area contributed by atoms with Crippen molar-refractivity contribution >= 4 is 5.78 Å². The van der Waals surface area contributed by atoms with E-state index in [-0.39, 0.29) is 28.6 Å². The second-order valence-corrected chi connectivity index (χ2v) is 5.32. The Hall–Kier alpha value is -1.45. The first-order valence-corrected chi connectivity index (χ1v) is 7.81. The van der Waals surface area contributed by atoms with Gasteiger partial charge in [0.05, 0.1) is 14.2 Å². The molecule has 0 saturated heterocycles.